The Bertz CT molecular complexity index is 794. The molecule has 1 aromatic heterocycles. The summed E-state index contributed by atoms with van der Waals surface area (Å²) in [5.74, 6) is -0.265. The van der Waals surface area contributed by atoms with Crippen molar-refractivity contribution in [1.82, 2.24) is 9.97 Å². The van der Waals surface area contributed by atoms with Crippen LogP contribution in [0.2, 0.25) is 0 Å². The predicted molar refractivity (Wildman–Crippen MR) is 85.9 cm³/mol. The van der Waals surface area contributed by atoms with Gasteiger partial charge in [-0.05, 0) is 30.3 Å². The highest BCUT2D eigenvalue weighted by molar-refractivity contribution is 5.35. The third kappa shape index (κ3) is 5.13. The summed E-state index contributed by atoms with van der Waals surface area (Å²) in [4.78, 5) is 7.86. The molecule has 0 amide bonds. The molecular weight excluding hydrogens is 330 g/mol. The van der Waals surface area contributed by atoms with E-state index in [0.717, 1.165) is 18.2 Å². The van der Waals surface area contributed by atoms with Crippen molar-refractivity contribution in [3.63, 3.8) is 0 Å². The molecule has 0 bridgehead atoms. The summed E-state index contributed by atoms with van der Waals surface area (Å²) in [7, 11) is 0. The van der Waals surface area contributed by atoms with E-state index in [4.69, 9.17) is 14.2 Å². The zero-order valence-electron chi connectivity index (χ0n) is 13.1. The molecule has 0 saturated heterocycles. The predicted octanol–water partition coefficient (Wildman–Crippen LogP) is 4.00. The van der Waals surface area contributed by atoms with Crippen LogP contribution >= 0.6 is 0 Å². The van der Waals surface area contributed by atoms with Crippen molar-refractivity contribution in [3.05, 3.63) is 72.6 Å². The molecule has 0 aliphatic rings. The van der Waals surface area contributed by atoms with E-state index in [2.05, 4.69) is 9.97 Å². The first kappa shape index (κ1) is 16.6. The van der Waals surface area contributed by atoms with Crippen LogP contribution in [0, 0.1) is 11.6 Å². The molecule has 0 N–H and O–H groups in total. The van der Waals surface area contributed by atoms with Crippen LogP contribution in [0.4, 0.5) is 8.78 Å². The maximum Gasteiger partial charge on any atom is 0.316 e. The molecule has 7 heteroatoms. The summed E-state index contributed by atoms with van der Waals surface area (Å²) in [6.45, 7) is 0.610. The van der Waals surface area contributed by atoms with E-state index < -0.39 is 11.6 Å². The van der Waals surface area contributed by atoms with Gasteiger partial charge in [0.1, 0.15) is 42.1 Å². The van der Waals surface area contributed by atoms with Crippen LogP contribution in [-0.4, -0.2) is 23.2 Å². The normalized spacial score (nSPS) is 10.3. The average Bonchev–Trinajstić information content (AvgIpc) is 2.60. The Balaban J connectivity index is 1.48. The van der Waals surface area contributed by atoms with Gasteiger partial charge in [-0.25, -0.2) is 18.7 Å². The average molecular weight is 344 g/mol. The summed E-state index contributed by atoms with van der Waals surface area (Å²) in [6, 6.07) is 11.6. The van der Waals surface area contributed by atoms with Crippen LogP contribution in [0.5, 0.6) is 23.3 Å². The van der Waals surface area contributed by atoms with Crippen molar-refractivity contribution in [3.8, 4) is 23.3 Å². The van der Waals surface area contributed by atoms with Crippen molar-refractivity contribution < 1.29 is 23.0 Å². The fourth-order valence-electron chi connectivity index (χ4n) is 1.98. The van der Waals surface area contributed by atoms with Crippen molar-refractivity contribution in [2.45, 2.75) is 0 Å². The lowest BCUT2D eigenvalue weighted by Gasteiger charge is -2.09. The minimum Gasteiger partial charge on any atom is -0.490 e. The number of benzene rings is 2. The van der Waals surface area contributed by atoms with Crippen molar-refractivity contribution in [2.24, 2.45) is 0 Å². The highest BCUT2D eigenvalue weighted by atomic mass is 19.1. The first-order valence-corrected chi connectivity index (χ1v) is 7.46. The van der Waals surface area contributed by atoms with E-state index in [1.807, 2.05) is 0 Å². The van der Waals surface area contributed by atoms with Gasteiger partial charge in [-0.15, -0.1) is 0 Å². The molecule has 128 valence electrons. The first-order valence-electron chi connectivity index (χ1n) is 7.46. The van der Waals surface area contributed by atoms with E-state index in [-0.39, 0.29) is 11.8 Å². The molecule has 3 rings (SSSR count). The van der Waals surface area contributed by atoms with Gasteiger partial charge in [0.05, 0.1) is 0 Å². The minimum atomic E-state index is -0.697. The third-order valence-corrected chi connectivity index (χ3v) is 3.02. The Morgan fingerprint density at radius 1 is 0.720 bits per heavy atom. The molecule has 0 atom stereocenters. The summed E-state index contributed by atoms with van der Waals surface area (Å²) >= 11 is 0. The van der Waals surface area contributed by atoms with Gasteiger partial charge in [-0.3, -0.25) is 0 Å². The SMILES string of the molecule is Fc1cc(F)cc(Oc2ccc(OCCOc3ncccn3)cc2)c1. The summed E-state index contributed by atoms with van der Waals surface area (Å²) in [5, 5.41) is 0. The summed E-state index contributed by atoms with van der Waals surface area (Å²) < 4.78 is 42.5. The van der Waals surface area contributed by atoms with E-state index in [0.29, 0.717) is 24.7 Å². The monoisotopic (exact) mass is 344 g/mol. The maximum absolute atomic E-state index is 13.1. The van der Waals surface area contributed by atoms with E-state index in [1.165, 1.54) is 0 Å². The molecule has 2 aromatic carbocycles. The van der Waals surface area contributed by atoms with Crippen molar-refractivity contribution in [1.29, 1.82) is 0 Å². The molecular formula is C18H14F2N2O3. The highest BCUT2D eigenvalue weighted by Crippen LogP contribution is 2.25. The third-order valence-electron chi connectivity index (χ3n) is 3.02. The highest BCUT2D eigenvalue weighted by Gasteiger charge is 2.04. The van der Waals surface area contributed by atoms with Crippen LogP contribution in [0.15, 0.2) is 60.9 Å². The van der Waals surface area contributed by atoms with E-state index in [1.54, 1.807) is 42.7 Å². The van der Waals surface area contributed by atoms with Gasteiger partial charge in [0, 0.05) is 30.6 Å². The summed E-state index contributed by atoms with van der Waals surface area (Å²) in [6.07, 6.45) is 3.18. The lowest BCUT2D eigenvalue weighted by atomic mass is 10.3. The lowest BCUT2D eigenvalue weighted by Crippen LogP contribution is -2.10. The number of ether oxygens (including phenoxy) is 3. The lowest BCUT2D eigenvalue weighted by molar-refractivity contribution is 0.206. The van der Waals surface area contributed by atoms with Gasteiger partial charge in [-0.2, -0.15) is 0 Å². The van der Waals surface area contributed by atoms with Gasteiger partial charge in [-0.1, -0.05) is 0 Å². The van der Waals surface area contributed by atoms with Gasteiger partial charge >= 0.3 is 6.01 Å². The Hall–Kier alpha value is -3.22. The number of hydrogen-bond acceptors (Lipinski definition) is 5. The van der Waals surface area contributed by atoms with Gasteiger partial charge in [0.25, 0.3) is 0 Å². The second kappa shape index (κ2) is 8.05. The fourth-order valence-corrected chi connectivity index (χ4v) is 1.98. The second-order valence-electron chi connectivity index (χ2n) is 4.91. The first-order chi connectivity index (χ1) is 12.2. The number of rotatable bonds is 7. The minimum absolute atomic E-state index is 0.0856. The van der Waals surface area contributed by atoms with Crippen LogP contribution in [0.25, 0.3) is 0 Å². The molecule has 1 heterocycles. The number of halogens is 2. The Morgan fingerprint density at radius 2 is 1.32 bits per heavy atom. The quantitative estimate of drug-likeness (QED) is 0.606. The Labute approximate surface area is 142 Å². The molecule has 0 aliphatic heterocycles. The number of nitrogens with zero attached hydrogens (tertiary/aromatic N) is 2. The molecule has 0 fully saturated rings. The number of hydrogen-bond donors (Lipinski definition) is 0. The molecule has 3 aromatic rings. The Morgan fingerprint density at radius 3 is 2.00 bits per heavy atom. The molecule has 0 spiro atoms. The standard InChI is InChI=1S/C18H14F2N2O3/c19-13-10-14(20)12-17(11-13)25-16-4-2-15(3-5-16)23-8-9-24-18-21-6-1-7-22-18/h1-7,10-12H,8-9H2. The zero-order valence-corrected chi connectivity index (χ0v) is 13.1. The van der Waals surface area contributed by atoms with Gasteiger partial charge in [0.2, 0.25) is 0 Å². The van der Waals surface area contributed by atoms with Crippen molar-refractivity contribution in [2.75, 3.05) is 13.2 Å². The van der Waals surface area contributed by atoms with Crippen LogP contribution in [0.1, 0.15) is 0 Å². The molecule has 25 heavy (non-hydrogen) atoms. The van der Waals surface area contributed by atoms with Crippen LogP contribution < -0.4 is 14.2 Å². The van der Waals surface area contributed by atoms with E-state index >= 15 is 0 Å². The molecule has 0 saturated carbocycles. The Kier molecular flexibility index (Phi) is 5.36. The zero-order chi connectivity index (χ0) is 17.5. The smallest absolute Gasteiger partial charge is 0.316 e. The fraction of sp³-hybridized carbons (Fsp3) is 0.111. The molecule has 0 unspecified atom stereocenters. The molecule has 0 radical (unpaired) electrons. The van der Waals surface area contributed by atoms with Gasteiger partial charge < -0.3 is 14.2 Å². The van der Waals surface area contributed by atoms with Gasteiger partial charge in [0.15, 0.2) is 0 Å². The molecule has 5 nitrogen and oxygen atoms in total. The van der Waals surface area contributed by atoms with E-state index in [9.17, 15) is 8.78 Å². The maximum atomic E-state index is 13.1. The van der Waals surface area contributed by atoms with Crippen LogP contribution in [0.3, 0.4) is 0 Å². The number of aromatic nitrogens is 2. The molecule has 0 aliphatic carbocycles. The van der Waals surface area contributed by atoms with Crippen molar-refractivity contribution >= 4 is 0 Å². The van der Waals surface area contributed by atoms with Crippen LogP contribution in [-0.2, 0) is 0 Å². The topological polar surface area (TPSA) is 53.5 Å². The largest absolute Gasteiger partial charge is 0.490 e. The summed E-state index contributed by atoms with van der Waals surface area (Å²) in [5.41, 5.74) is 0. The second-order valence-corrected chi connectivity index (χ2v) is 4.91.